The molecule has 1 aromatic carbocycles. The molecule has 2 aliphatic rings. The fourth-order valence-corrected chi connectivity index (χ4v) is 4.24. The van der Waals surface area contributed by atoms with Gasteiger partial charge in [0.05, 0.1) is 6.04 Å². The molecule has 2 unspecified atom stereocenters. The standard InChI is InChI=1S/C21H32N2O2/c1-15(2)13-20(21(25)23-11-9-16(14-24)10-12-23)22-19-8-7-17-5-3-4-6-18(17)19/h3-6,15-16,19-20,22,24H,7-14H2,1-2H3. The van der Waals surface area contributed by atoms with Crippen molar-refractivity contribution in [3.63, 3.8) is 0 Å². The molecule has 1 aliphatic carbocycles. The van der Waals surface area contributed by atoms with Gasteiger partial charge in [-0.3, -0.25) is 10.1 Å². The first-order chi connectivity index (χ1) is 12.1. The minimum atomic E-state index is -0.109. The zero-order chi connectivity index (χ0) is 17.8. The van der Waals surface area contributed by atoms with Crippen molar-refractivity contribution in [2.75, 3.05) is 19.7 Å². The topological polar surface area (TPSA) is 52.6 Å². The van der Waals surface area contributed by atoms with Crippen LogP contribution in [-0.2, 0) is 11.2 Å². The Morgan fingerprint density at radius 1 is 1.24 bits per heavy atom. The van der Waals surface area contributed by atoms with E-state index >= 15 is 0 Å². The summed E-state index contributed by atoms with van der Waals surface area (Å²) >= 11 is 0. The van der Waals surface area contributed by atoms with E-state index in [4.69, 9.17) is 0 Å². The molecule has 0 spiro atoms. The third-order valence-electron chi connectivity index (χ3n) is 5.72. The number of benzene rings is 1. The molecule has 0 radical (unpaired) electrons. The summed E-state index contributed by atoms with van der Waals surface area (Å²) in [5, 5.41) is 13.0. The van der Waals surface area contributed by atoms with Crippen LogP contribution in [0.3, 0.4) is 0 Å². The molecule has 1 fully saturated rings. The highest BCUT2D eigenvalue weighted by Crippen LogP contribution is 2.32. The number of fused-ring (bicyclic) bond motifs is 1. The normalized spacial score (nSPS) is 22.2. The van der Waals surface area contributed by atoms with E-state index in [9.17, 15) is 9.90 Å². The largest absolute Gasteiger partial charge is 0.396 e. The van der Waals surface area contributed by atoms with Crippen LogP contribution in [0.15, 0.2) is 24.3 Å². The van der Waals surface area contributed by atoms with Crippen LogP contribution in [-0.4, -0.2) is 41.7 Å². The summed E-state index contributed by atoms with van der Waals surface area (Å²) < 4.78 is 0. The van der Waals surface area contributed by atoms with Crippen molar-refractivity contribution in [3.8, 4) is 0 Å². The number of aliphatic hydroxyl groups excluding tert-OH is 1. The molecule has 25 heavy (non-hydrogen) atoms. The average Bonchev–Trinajstić information content (AvgIpc) is 3.03. The number of likely N-dealkylation sites (tertiary alicyclic amines) is 1. The summed E-state index contributed by atoms with van der Waals surface area (Å²) in [6.45, 7) is 6.17. The summed E-state index contributed by atoms with van der Waals surface area (Å²) in [6.07, 6.45) is 4.88. The Labute approximate surface area is 151 Å². The van der Waals surface area contributed by atoms with Gasteiger partial charge in [-0.25, -0.2) is 0 Å². The van der Waals surface area contributed by atoms with E-state index in [0.717, 1.165) is 45.2 Å². The Balaban J connectivity index is 1.67. The number of hydrogen-bond acceptors (Lipinski definition) is 3. The molecule has 1 aliphatic heterocycles. The molecule has 3 rings (SSSR count). The number of nitrogens with one attached hydrogen (secondary N) is 1. The van der Waals surface area contributed by atoms with Gasteiger partial charge in [-0.05, 0) is 55.1 Å². The van der Waals surface area contributed by atoms with Gasteiger partial charge in [-0.1, -0.05) is 38.1 Å². The van der Waals surface area contributed by atoms with Crippen molar-refractivity contribution in [2.45, 2.75) is 58.0 Å². The predicted octanol–water partition coefficient (Wildman–Crippen LogP) is 2.91. The Kier molecular flexibility index (Phi) is 6.13. The number of amides is 1. The van der Waals surface area contributed by atoms with Gasteiger partial charge in [0.2, 0.25) is 5.91 Å². The van der Waals surface area contributed by atoms with Gasteiger partial charge < -0.3 is 10.0 Å². The summed E-state index contributed by atoms with van der Waals surface area (Å²) in [5.41, 5.74) is 2.78. The Morgan fingerprint density at radius 3 is 2.64 bits per heavy atom. The quantitative estimate of drug-likeness (QED) is 0.834. The molecular formula is C21H32N2O2. The highest BCUT2D eigenvalue weighted by atomic mass is 16.3. The van der Waals surface area contributed by atoms with Crippen molar-refractivity contribution in [3.05, 3.63) is 35.4 Å². The zero-order valence-corrected chi connectivity index (χ0v) is 15.6. The van der Waals surface area contributed by atoms with E-state index in [1.54, 1.807) is 0 Å². The monoisotopic (exact) mass is 344 g/mol. The molecule has 4 heteroatoms. The minimum Gasteiger partial charge on any atom is -0.396 e. The lowest BCUT2D eigenvalue weighted by Gasteiger charge is -2.35. The third kappa shape index (κ3) is 4.42. The van der Waals surface area contributed by atoms with E-state index in [0.29, 0.717) is 17.9 Å². The fraction of sp³-hybridized carbons (Fsp3) is 0.667. The van der Waals surface area contributed by atoms with Gasteiger partial charge in [-0.2, -0.15) is 0 Å². The summed E-state index contributed by atoms with van der Waals surface area (Å²) in [7, 11) is 0. The molecule has 1 aromatic rings. The molecule has 2 atom stereocenters. The van der Waals surface area contributed by atoms with Crippen LogP contribution < -0.4 is 5.32 Å². The predicted molar refractivity (Wildman–Crippen MR) is 100 cm³/mol. The zero-order valence-electron chi connectivity index (χ0n) is 15.6. The van der Waals surface area contributed by atoms with Gasteiger partial charge in [0.25, 0.3) is 0 Å². The van der Waals surface area contributed by atoms with Crippen LogP contribution in [0, 0.1) is 11.8 Å². The maximum atomic E-state index is 13.1. The lowest BCUT2D eigenvalue weighted by atomic mass is 9.95. The van der Waals surface area contributed by atoms with Crippen LogP contribution >= 0.6 is 0 Å². The lowest BCUT2D eigenvalue weighted by Crippen LogP contribution is -2.50. The van der Waals surface area contributed by atoms with Crippen molar-refractivity contribution in [1.82, 2.24) is 10.2 Å². The number of carbonyl (C=O) groups excluding carboxylic acids is 1. The summed E-state index contributed by atoms with van der Waals surface area (Å²) in [4.78, 5) is 15.1. The highest BCUT2D eigenvalue weighted by molar-refractivity contribution is 5.82. The van der Waals surface area contributed by atoms with Crippen LogP contribution in [0.2, 0.25) is 0 Å². The van der Waals surface area contributed by atoms with Crippen molar-refractivity contribution < 1.29 is 9.90 Å². The molecule has 0 bridgehead atoms. The number of hydrogen-bond donors (Lipinski definition) is 2. The molecule has 138 valence electrons. The number of rotatable bonds is 6. The molecule has 2 N–H and O–H groups in total. The smallest absolute Gasteiger partial charge is 0.239 e. The Hall–Kier alpha value is -1.39. The van der Waals surface area contributed by atoms with E-state index in [1.807, 2.05) is 4.90 Å². The second kappa shape index (κ2) is 8.33. The summed E-state index contributed by atoms with van der Waals surface area (Å²) in [6, 6.07) is 8.78. The molecule has 1 heterocycles. The second-order valence-electron chi connectivity index (χ2n) is 8.09. The maximum absolute atomic E-state index is 13.1. The van der Waals surface area contributed by atoms with Crippen LogP contribution in [0.4, 0.5) is 0 Å². The number of nitrogens with zero attached hydrogens (tertiary/aromatic N) is 1. The van der Waals surface area contributed by atoms with Crippen molar-refractivity contribution in [1.29, 1.82) is 0 Å². The SMILES string of the molecule is CC(C)CC(NC1CCc2ccccc21)C(=O)N1CCC(CO)CC1. The molecule has 0 aromatic heterocycles. The Bertz CT molecular complexity index is 579. The number of aryl methyl sites for hydroxylation is 1. The van der Waals surface area contributed by atoms with Gasteiger partial charge in [0.15, 0.2) is 0 Å². The van der Waals surface area contributed by atoms with Gasteiger partial charge in [-0.15, -0.1) is 0 Å². The third-order valence-corrected chi connectivity index (χ3v) is 5.72. The van der Waals surface area contributed by atoms with E-state index in [-0.39, 0.29) is 18.6 Å². The first-order valence-corrected chi connectivity index (χ1v) is 9.82. The number of aliphatic hydroxyl groups is 1. The van der Waals surface area contributed by atoms with Crippen LogP contribution in [0.1, 0.15) is 56.7 Å². The molecule has 1 amide bonds. The van der Waals surface area contributed by atoms with E-state index < -0.39 is 0 Å². The molecular weight excluding hydrogens is 312 g/mol. The van der Waals surface area contributed by atoms with Crippen molar-refractivity contribution >= 4 is 5.91 Å². The van der Waals surface area contributed by atoms with Crippen molar-refractivity contribution in [2.24, 2.45) is 11.8 Å². The van der Waals surface area contributed by atoms with E-state index in [1.165, 1.54) is 11.1 Å². The molecule has 1 saturated heterocycles. The van der Waals surface area contributed by atoms with Crippen LogP contribution in [0.5, 0.6) is 0 Å². The minimum absolute atomic E-state index is 0.109. The second-order valence-corrected chi connectivity index (χ2v) is 8.09. The first-order valence-electron chi connectivity index (χ1n) is 9.82. The molecule has 4 nitrogen and oxygen atoms in total. The lowest BCUT2D eigenvalue weighted by molar-refractivity contribution is -0.135. The highest BCUT2D eigenvalue weighted by Gasteiger charge is 2.32. The maximum Gasteiger partial charge on any atom is 0.239 e. The van der Waals surface area contributed by atoms with Gasteiger partial charge >= 0.3 is 0 Å². The van der Waals surface area contributed by atoms with E-state index in [2.05, 4.69) is 43.4 Å². The first kappa shape index (κ1) is 18.4. The van der Waals surface area contributed by atoms with Gasteiger partial charge in [0, 0.05) is 25.7 Å². The average molecular weight is 344 g/mol. The fourth-order valence-electron chi connectivity index (χ4n) is 4.24. The number of carbonyl (C=O) groups is 1. The van der Waals surface area contributed by atoms with Crippen LogP contribution in [0.25, 0.3) is 0 Å². The summed E-state index contributed by atoms with van der Waals surface area (Å²) in [5.74, 6) is 1.09. The molecule has 0 saturated carbocycles. The van der Waals surface area contributed by atoms with Gasteiger partial charge in [0.1, 0.15) is 0 Å². The number of piperidine rings is 1. The Morgan fingerprint density at radius 2 is 1.96 bits per heavy atom.